The van der Waals surface area contributed by atoms with Crippen molar-refractivity contribution in [2.24, 2.45) is 0 Å². The van der Waals surface area contributed by atoms with E-state index in [9.17, 15) is 19.8 Å². The zero-order valence-electron chi connectivity index (χ0n) is 11.7. The molecule has 0 atom stereocenters. The smallest absolute Gasteiger partial charge is 0.337 e. The van der Waals surface area contributed by atoms with Crippen molar-refractivity contribution in [3.8, 4) is 11.5 Å². The molecule has 2 aromatic rings. The maximum absolute atomic E-state index is 11.8. The minimum absolute atomic E-state index is 0.169. The Kier molecular flexibility index (Phi) is 4.47. The predicted octanol–water partition coefficient (Wildman–Crippen LogP) is 2.53. The highest BCUT2D eigenvalue weighted by Crippen LogP contribution is 2.24. The third-order valence-electron chi connectivity index (χ3n) is 2.72. The van der Waals surface area contributed by atoms with E-state index in [1.165, 1.54) is 31.4 Å². The van der Waals surface area contributed by atoms with Crippen LogP contribution in [0, 0.1) is 0 Å². The van der Waals surface area contributed by atoms with Crippen LogP contribution in [0.2, 0.25) is 0 Å². The summed E-state index contributed by atoms with van der Waals surface area (Å²) in [4.78, 5) is 23.1. The first-order valence-corrected chi connectivity index (χ1v) is 6.27. The van der Waals surface area contributed by atoms with Crippen LogP contribution in [-0.2, 0) is 4.74 Å². The summed E-state index contributed by atoms with van der Waals surface area (Å²) in [5.74, 6) is -0.804. The number of aromatic hydroxyl groups is 2. The summed E-state index contributed by atoms with van der Waals surface area (Å²) in [6, 6.07) is 9.30. The molecular formula is C15H14N2O5. The van der Waals surface area contributed by atoms with E-state index in [0.29, 0.717) is 11.3 Å². The second-order valence-corrected chi connectivity index (χ2v) is 4.39. The normalized spacial score (nSPS) is 9.86. The predicted molar refractivity (Wildman–Crippen MR) is 80.2 cm³/mol. The van der Waals surface area contributed by atoms with Gasteiger partial charge in [0.1, 0.15) is 11.5 Å². The molecule has 7 nitrogen and oxygen atoms in total. The Balaban J connectivity index is 2.01. The van der Waals surface area contributed by atoms with E-state index >= 15 is 0 Å². The Labute approximate surface area is 126 Å². The van der Waals surface area contributed by atoms with Gasteiger partial charge in [-0.25, -0.2) is 9.59 Å². The third kappa shape index (κ3) is 3.89. The molecule has 0 heterocycles. The molecule has 0 unspecified atom stereocenters. The van der Waals surface area contributed by atoms with E-state index in [2.05, 4.69) is 15.4 Å². The second-order valence-electron chi connectivity index (χ2n) is 4.39. The van der Waals surface area contributed by atoms with Gasteiger partial charge in [0, 0.05) is 29.6 Å². The average molecular weight is 302 g/mol. The molecule has 114 valence electrons. The van der Waals surface area contributed by atoms with Gasteiger partial charge in [-0.15, -0.1) is 0 Å². The van der Waals surface area contributed by atoms with Gasteiger partial charge in [-0.1, -0.05) is 0 Å². The number of hydrogen-bond acceptors (Lipinski definition) is 5. The molecule has 0 fully saturated rings. The fourth-order valence-corrected chi connectivity index (χ4v) is 1.77. The van der Waals surface area contributed by atoms with Crippen LogP contribution in [0.1, 0.15) is 10.4 Å². The number of ether oxygens (including phenoxy) is 1. The van der Waals surface area contributed by atoms with Crippen molar-refractivity contribution < 1.29 is 24.5 Å². The summed E-state index contributed by atoms with van der Waals surface area (Å²) in [6.45, 7) is 0. The third-order valence-corrected chi connectivity index (χ3v) is 2.72. The number of hydrogen-bond donors (Lipinski definition) is 4. The lowest BCUT2D eigenvalue weighted by Crippen LogP contribution is -2.19. The van der Waals surface area contributed by atoms with Crippen molar-refractivity contribution in [2.45, 2.75) is 0 Å². The summed E-state index contributed by atoms with van der Waals surface area (Å²) >= 11 is 0. The maximum atomic E-state index is 11.8. The van der Waals surface area contributed by atoms with Crippen molar-refractivity contribution in [3.63, 3.8) is 0 Å². The Morgan fingerprint density at radius 3 is 2.00 bits per heavy atom. The second kappa shape index (κ2) is 6.49. The fraction of sp³-hybridized carbons (Fsp3) is 0.0667. The molecule has 22 heavy (non-hydrogen) atoms. The Morgan fingerprint density at radius 2 is 1.45 bits per heavy atom. The molecule has 0 aliphatic carbocycles. The molecule has 0 saturated carbocycles. The number of esters is 1. The molecule has 0 aliphatic rings. The summed E-state index contributed by atoms with van der Waals surface area (Å²) in [7, 11) is 1.28. The number of phenols is 2. The first-order valence-electron chi connectivity index (χ1n) is 6.27. The number of carbonyl (C=O) groups excluding carboxylic acids is 2. The highest BCUT2D eigenvalue weighted by atomic mass is 16.5. The number of nitrogens with one attached hydrogen (secondary N) is 2. The van der Waals surface area contributed by atoms with E-state index in [1.54, 1.807) is 12.1 Å². The molecule has 7 heteroatoms. The van der Waals surface area contributed by atoms with Gasteiger partial charge in [-0.2, -0.15) is 0 Å². The van der Waals surface area contributed by atoms with Gasteiger partial charge < -0.3 is 25.6 Å². The first-order chi connectivity index (χ1) is 10.5. The zero-order valence-corrected chi connectivity index (χ0v) is 11.7. The zero-order chi connectivity index (χ0) is 16.1. The summed E-state index contributed by atoms with van der Waals surface area (Å²) in [6.07, 6.45) is 0. The van der Waals surface area contributed by atoms with Gasteiger partial charge in [0.2, 0.25) is 0 Å². The standard InChI is InChI=1S/C15H14N2O5/c1-22-14(20)9-2-4-10(5-3-9)16-15(21)17-11-6-12(18)8-13(19)7-11/h2-8,18-19H,1H3,(H2,16,17,21). The SMILES string of the molecule is COC(=O)c1ccc(NC(=O)Nc2cc(O)cc(O)c2)cc1. The van der Waals surface area contributed by atoms with Crippen molar-refractivity contribution >= 4 is 23.4 Å². The molecule has 0 aliphatic heterocycles. The van der Waals surface area contributed by atoms with Crippen molar-refractivity contribution in [2.75, 3.05) is 17.7 Å². The fourth-order valence-electron chi connectivity index (χ4n) is 1.77. The molecule has 0 saturated heterocycles. The minimum atomic E-state index is -0.559. The highest BCUT2D eigenvalue weighted by Gasteiger charge is 2.07. The Bertz CT molecular complexity index is 677. The van der Waals surface area contributed by atoms with Crippen molar-refractivity contribution in [1.29, 1.82) is 0 Å². The Hall–Kier alpha value is -3.22. The van der Waals surface area contributed by atoms with Crippen LogP contribution in [0.15, 0.2) is 42.5 Å². The number of urea groups is 1. The molecule has 2 amide bonds. The average Bonchev–Trinajstić information content (AvgIpc) is 2.46. The van der Waals surface area contributed by atoms with Gasteiger partial charge in [0.25, 0.3) is 0 Å². The number of methoxy groups -OCH3 is 1. The number of carbonyl (C=O) groups is 2. The van der Waals surface area contributed by atoms with E-state index in [4.69, 9.17) is 0 Å². The van der Waals surface area contributed by atoms with E-state index in [-0.39, 0.29) is 17.2 Å². The van der Waals surface area contributed by atoms with Crippen LogP contribution in [0.3, 0.4) is 0 Å². The van der Waals surface area contributed by atoms with Gasteiger partial charge in [0.15, 0.2) is 0 Å². The Morgan fingerprint density at radius 1 is 0.909 bits per heavy atom. The number of amides is 2. The van der Waals surface area contributed by atoms with E-state index in [0.717, 1.165) is 6.07 Å². The number of phenolic OH excluding ortho intramolecular Hbond substituents is 2. The van der Waals surface area contributed by atoms with Gasteiger partial charge >= 0.3 is 12.0 Å². The van der Waals surface area contributed by atoms with Crippen LogP contribution in [0.5, 0.6) is 11.5 Å². The van der Waals surface area contributed by atoms with Crippen LogP contribution >= 0.6 is 0 Å². The lowest BCUT2D eigenvalue weighted by molar-refractivity contribution is 0.0600. The topological polar surface area (TPSA) is 108 Å². The first kappa shape index (κ1) is 15.2. The summed E-state index contributed by atoms with van der Waals surface area (Å²) in [5, 5.41) is 23.7. The maximum Gasteiger partial charge on any atom is 0.337 e. The van der Waals surface area contributed by atoms with Gasteiger partial charge in [-0.05, 0) is 24.3 Å². The molecule has 0 spiro atoms. The summed E-state index contributed by atoms with van der Waals surface area (Å²) in [5.41, 5.74) is 1.07. The van der Waals surface area contributed by atoms with Crippen LogP contribution in [0.25, 0.3) is 0 Å². The van der Waals surface area contributed by atoms with Crippen LogP contribution in [0.4, 0.5) is 16.2 Å². The van der Waals surface area contributed by atoms with Gasteiger partial charge in [0.05, 0.1) is 12.7 Å². The highest BCUT2D eigenvalue weighted by molar-refractivity contribution is 6.00. The number of rotatable bonds is 3. The van der Waals surface area contributed by atoms with Crippen molar-refractivity contribution in [3.05, 3.63) is 48.0 Å². The van der Waals surface area contributed by atoms with Gasteiger partial charge in [-0.3, -0.25) is 0 Å². The molecule has 0 bridgehead atoms. The lowest BCUT2D eigenvalue weighted by atomic mass is 10.2. The van der Waals surface area contributed by atoms with Crippen LogP contribution < -0.4 is 10.6 Å². The van der Waals surface area contributed by atoms with Crippen molar-refractivity contribution in [1.82, 2.24) is 0 Å². The van der Waals surface area contributed by atoms with E-state index in [1.807, 2.05) is 0 Å². The van der Waals surface area contributed by atoms with Crippen LogP contribution in [-0.4, -0.2) is 29.3 Å². The molecule has 0 radical (unpaired) electrons. The molecule has 4 N–H and O–H groups in total. The summed E-state index contributed by atoms with van der Waals surface area (Å²) < 4.78 is 4.57. The quantitative estimate of drug-likeness (QED) is 0.652. The molecule has 2 aromatic carbocycles. The largest absolute Gasteiger partial charge is 0.508 e. The number of anilines is 2. The monoisotopic (exact) mass is 302 g/mol. The molecule has 0 aromatic heterocycles. The molecule has 2 rings (SSSR count). The lowest BCUT2D eigenvalue weighted by Gasteiger charge is -2.09. The molecular weight excluding hydrogens is 288 g/mol. The number of benzene rings is 2. The minimum Gasteiger partial charge on any atom is -0.508 e. The van der Waals surface area contributed by atoms with E-state index < -0.39 is 12.0 Å².